The third-order valence-electron chi connectivity index (χ3n) is 5.83. The van der Waals surface area contributed by atoms with Gasteiger partial charge < -0.3 is 10.1 Å². The Labute approximate surface area is 213 Å². The minimum atomic E-state index is -0.815. The zero-order valence-corrected chi connectivity index (χ0v) is 20.5. The molecule has 0 unspecified atom stereocenters. The van der Waals surface area contributed by atoms with Crippen LogP contribution >= 0.6 is 0 Å². The van der Waals surface area contributed by atoms with E-state index in [0.717, 1.165) is 23.9 Å². The molecule has 0 aliphatic carbocycles. The summed E-state index contributed by atoms with van der Waals surface area (Å²) in [6.07, 6.45) is 3.32. The molecular weight excluding hydrogens is 470 g/mol. The first-order chi connectivity index (χ1) is 18.0. The molecule has 37 heavy (non-hydrogen) atoms. The Kier molecular flexibility index (Phi) is 8.20. The van der Waals surface area contributed by atoms with E-state index >= 15 is 0 Å². The molecule has 0 saturated heterocycles. The molecule has 188 valence electrons. The molecule has 1 N–H and O–H groups in total. The average Bonchev–Trinajstić information content (AvgIpc) is 2.93. The number of hydrogen-bond donors (Lipinski definition) is 1. The van der Waals surface area contributed by atoms with E-state index in [-0.39, 0.29) is 17.2 Å². The van der Waals surface area contributed by atoms with Gasteiger partial charge in [0.1, 0.15) is 0 Å². The van der Waals surface area contributed by atoms with E-state index in [1.807, 2.05) is 6.07 Å². The van der Waals surface area contributed by atoms with E-state index in [2.05, 4.69) is 17.3 Å². The van der Waals surface area contributed by atoms with E-state index in [1.54, 1.807) is 72.8 Å². The molecule has 1 amide bonds. The zero-order chi connectivity index (χ0) is 26.2. The minimum absolute atomic E-state index is 0.0620. The maximum Gasteiger partial charge on any atom is 0.359 e. The van der Waals surface area contributed by atoms with Crippen molar-refractivity contribution in [2.75, 3.05) is 11.9 Å². The van der Waals surface area contributed by atoms with Crippen molar-refractivity contribution >= 4 is 34.1 Å². The number of ether oxygens (including phenoxy) is 1. The largest absolute Gasteiger partial charge is 0.452 e. The van der Waals surface area contributed by atoms with Crippen LogP contribution in [0.2, 0.25) is 0 Å². The second-order valence-corrected chi connectivity index (χ2v) is 8.53. The van der Waals surface area contributed by atoms with Crippen LogP contribution in [0.1, 0.15) is 53.5 Å². The van der Waals surface area contributed by atoms with E-state index in [9.17, 15) is 19.2 Å². The van der Waals surface area contributed by atoms with Gasteiger partial charge in [-0.3, -0.25) is 14.4 Å². The van der Waals surface area contributed by atoms with Gasteiger partial charge in [0.25, 0.3) is 5.56 Å². The highest BCUT2D eigenvalue weighted by molar-refractivity contribution is 6.04. The Bertz CT molecular complexity index is 1480. The number of rotatable bonds is 10. The molecule has 8 nitrogen and oxygen atoms in total. The minimum Gasteiger partial charge on any atom is -0.452 e. The summed E-state index contributed by atoms with van der Waals surface area (Å²) in [7, 11) is 0. The number of para-hydroxylation sites is 1. The number of aromatic nitrogens is 2. The number of amides is 1. The molecule has 0 radical (unpaired) electrons. The highest BCUT2D eigenvalue weighted by Gasteiger charge is 2.20. The fourth-order valence-corrected chi connectivity index (χ4v) is 3.87. The normalized spacial score (nSPS) is 10.7. The van der Waals surface area contributed by atoms with E-state index < -0.39 is 18.4 Å². The van der Waals surface area contributed by atoms with Crippen LogP contribution in [0.5, 0.6) is 0 Å². The van der Waals surface area contributed by atoms with Gasteiger partial charge in [0, 0.05) is 23.1 Å². The molecule has 0 aliphatic heterocycles. The number of unbranched alkanes of at least 4 members (excludes halogenated alkanes) is 2. The van der Waals surface area contributed by atoms with E-state index in [1.165, 1.54) is 0 Å². The van der Waals surface area contributed by atoms with Crippen LogP contribution in [0.15, 0.2) is 83.7 Å². The predicted molar refractivity (Wildman–Crippen MR) is 141 cm³/mol. The molecule has 4 aromatic rings. The molecule has 4 rings (SSSR count). The summed E-state index contributed by atoms with van der Waals surface area (Å²) in [6.45, 7) is 1.58. The van der Waals surface area contributed by atoms with Crippen molar-refractivity contribution in [3.05, 3.63) is 100 Å². The lowest BCUT2D eigenvalue weighted by Crippen LogP contribution is -2.25. The lowest BCUT2D eigenvalue weighted by atomic mass is 10.1. The molecule has 1 aromatic heterocycles. The second-order valence-electron chi connectivity index (χ2n) is 8.53. The van der Waals surface area contributed by atoms with Crippen LogP contribution in [0, 0.1) is 0 Å². The van der Waals surface area contributed by atoms with Crippen LogP contribution in [0.4, 0.5) is 5.69 Å². The highest BCUT2D eigenvalue weighted by atomic mass is 16.5. The van der Waals surface area contributed by atoms with Crippen molar-refractivity contribution in [2.45, 2.75) is 32.6 Å². The lowest BCUT2D eigenvalue weighted by molar-refractivity contribution is -0.116. The molecule has 0 aliphatic rings. The molecule has 3 aromatic carbocycles. The Morgan fingerprint density at radius 2 is 1.54 bits per heavy atom. The number of hydrogen-bond acceptors (Lipinski definition) is 6. The van der Waals surface area contributed by atoms with Gasteiger partial charge in [-0.15, -0.1) is 0 Å². The monoisotopic (exact) mass is 497 g/mol. The van der Waals surface area contributed by atoms with Gasteiger partial charge in [0.15, 0.2) is 18.1 Å². The lowest BCUT2D eigenvalue weighted by Gasteiger charge is -2.11. The summed E-state index contributed by atoms with van der Waals surface area (Å²) < 4.78 is 6.45. The molecule has 1 heterocycles. The maximum atomic E-state index is 13.0. The summed E-state index contributed by atoms with van der Waals surface area (Å²) in [5.74, 6) is -1.29. The van der Waals surface area contributed by atoms with Crippen molar-refractivity contribution in [3.63, 3.8) is 0 Å². The van der Waals surface area contributed by atoms with Gasteiger partial charge >= 0.3 is 5.97 Å². The van der Waals surface area contributed by atoms with E-state index in [4.69, 9.17) is 4.74 Å². The molecule has 8 heteroatoms. The van der Waals surface area contributed by atoms with Crippen LogP contribution in [-0.2, 0) is 9.53 Å². The third kappa shape index (κ3) is 6.16. The van der Waals surface area contributed by atoms with Crippen LogP contribution in [-0.4, -0.2) is 34.0 Å². The topological polar surface area (TPSA) is 107 Å². The molecule has 0 saturated carbocycles. The highest BCUT2D eigenvalue weighted by Crippen LogP contribution is 2.17. The number of nitrogens with zero attached hydrogens (tertiary/aromatic N) is 2. The molecule has 0 bridgehead atoms. The number of esters is 1. The van der Waals surface area contributed by atoms with Crippen LogP contribution in [0.25, 0.3) is 16.5 Å². The summed E-state index contributed by atoms with van der Waals surface area (Å²) in [5.41, 5.74) is 0.999. The zero-order valence-electron chi connectivity index (χ0n) is 20.5. The van der Waals surface area contributed by atoms with Gasteiger partial charge in [-0.1, -0.05) is 56.2 Å². The average molecular weight is 498 g/mol. The van der Waals surface area contributed by atoms with Crippen molar-refractivity contribution in [2.24, 2.45) is 0 Å². The quantitative estimate of drug-likeness (QED) is 0.189. The Morgan fingerprint density at radius 3 is 2.24 bits per heavy atom. The second kappa shape index (κ2) is 11.9. The Morgan fingerprint density at radius 1 is 0.865 bits per heavy atom. The fourth-order valence-electron chi connectivity index (χ4n) is 3.87. The summed E-state index contributed by atoms with van der Waals surface area (Å²) in [6, 6.07) is 21.8. The standard InChI is InChI=1S/C29H27N3O5/c1-2-3-5-14-26(34)30-21-17-15-20(16-18-21)25(33)19-37-29(36)27-23-12-8-9-13-24(23)28(35)32(31-27)22-10-6-4-7-11-22/h4,6-13,15-18H,2-3,5,14,19H2,1H3,(H,30,34). The van der Waals surface area contributed by atoms with Crippen molar-refractivity contribution in [3.8, 4) is 5.69 Å². The van der Waals surface area contributed by atoms with Gasteiger partial charge in [0.05, 0.1) is 11.1 Å². The SMILES string of the molecule is CCCCCC(=O)Nc1ccc(C(=O)COC(=O)c2nn(-c3ccccc3)c(=O)c3ccccc23)cc1. The van der Waals surface area contributed by atoms with Gasteiger partial charge in [0.2, 0.25) is 5.91 Å². The fraction of sp³-hybridized carbons (Fsp3) is 0.207. The smallest absolute Gasteiger partial charge is 0.359 e. The number of carbonyl (C=O) groups is 3. The first-order valence-electron chi connectivity index (χ1n) is 12.2. The van der Waals surface area contributed by atoms with Crippen molar-refractivity contribution < 1.29 is 19.1 Å². The van der Waals surface area contributed by atoms with Gasteiger partial charge in [-0.2, -0.15) is 9.78 Å². The Balaban J connectivity index is 1.47. The van der Waals surface area contributed by atoms with Gasteiger partial charge in [-0.25, -0.2) is 4.79 Å². The summed E-state index contributed by atoms with van der Waals surface area (Å²) in [5, 5.41) is 7.73. The molecule has 0 atom stereocenters. The number of anilines is 1. The first-order valence-corrected chi connectivity index (χ1v) is 12.2. The first kappa shape index (κ1) is 25.5. The number of carbonyl (C=O) groups excluding carboxylic acids is 3. The number of benzene rings is 3. The Hall–Kier alpha value is -4.59. The number of nitrogens with one attached hydrogen (secondary N) is 1. The number of Topliss-reactive ketones (excluding diaryl/α,β-unsaturated/α-hetero) is 1. The molecule has 0 spiro atoms. The molecule has 0 fully saturated rings. The number of ketones is 1. The summed E-state index contributed by atoms with van der Waals surface area (Å²) >= 11 is 0. The van der Waals surface area contributed by atoms with Gasteiger partial charge in [-0.05, 0) is 48.9 Å². The van der Waals surface area contributed by atoms with Crippen molar-refractivity contribution in [1.29, 1.82) is 0 Å². The number of fused-ring (bicyclic) bond motifs is 1. The van der Waals surface area contributed by atoms with Crippen LogP contribution < -0.4 is 10.9 Å². The van der Waals surface area contributed by atoms with Crippen molar-refractivity contribution in [1.82, 2.24) is 9.78 Å². The van der Waals surface area contributed by atoms with Crippen LogP contribution in [0.3, 0.4) is 0 Å². The predicted octanol–water partition coefficient (Wildman–Crippen LogP) is 4.94. The summed E-state index contributed by atoms with van der Waals surface area (Å²) in [4.78, 5) is 50.6. The maximum absolute atomic E-state index is 13.0. The molecular formula is C29H27N3O5. The third-order valence-corrected chi connectivity index (χ3v) is 5.83. The van der Waals surface area contributed by atoms with E-state index in [0.29, 0.717) is 34.1 Å².